The quantitative estimate of drug-likeness (QED) is 0.512. The van der Waals surface area contributed by atoms with Crippen molar-refractivity contribution < 1.29 is 13.2 Å². The Morgan fingerprint density at radius 1 is 0.867 bits per heavy atom. The molecule has 0 saturated carbocycles. The Morgan fingerprint density at radius 2 is 1.57 bits per heavy atom. The molecule has 0 bridgehead atoms. The van der Waals surface area contributed by atoms with E-state index in [0.717, 1.165) is 0 Å². The number of carbonyl (C=O) groups is 1. The van der Waals surface area contributed by atoms with E-state index in [1.807, 2.05) is 29.1 Å². The summed E-state index contributed by atoms with van der Waals surface area (Å²) in [6, 6.07) is 22.4. The molecule has 0 aliphatic rings. The van der Waals surface area contributed by atoms with Crippen LogP contribution in [0.2, 0.25) is 0 Å². The number of para-hydroxylation sites is 1. The highest BCUT2D eigenvalue weighted by molar-refractivity contribution is 7.90. The van der Waals surface area contributed by atoms with Gasteiger partial charge in [0, 0.05) is 24.3 Å². The van der Waals surface area contributed by atoms with E-state index < -0.39 is 9.84 Å². The monoisotopic (exact) mass is 417 g/mol. The molecule has 0 unspecified atom stereocenters. The number of pyridine rings is 1. The molecular weight excluding hydrogens is 398 g/mol. The molecule has 0 aliphatic heterocycles. The molecular formula is C23H19N3O3S. The Bertz CT molecular complexity index is 1250. The summed E-state index contributed by atoms with van der Waals surface area (Å²) in [5.74, 6) is 0.134. The lowest BCUT2D eigenvalue weighted by atomic mass is 10.2. The molecule has 30 heavy (non-hydrogen) atoms. The fourth-order valence-corrected chi connectivity index (χ4v) is 4.44. The van der Waals surface area contributed by atoms with Gasteiger partial charge in [-0.15, -0.1) is 0 Å². The van der Waals surface area contributed by atoms with Gasteiger partial charge in [-0.3, -0.25) is 4.79 Å². The van der Waals surface area contributed by atoms with Crippen LogP contribution in [0.4, 0.5) is 5.69 Å². The van der Waals surface area contributed by atoms with Crippen LogP contribution in [0.3, 0.4) is 0 Å². The lowest BCUT2D eigenvalue weighted by Gasteiger charge is -2.12. The largest absolute Gasteiger partial charge is 0.322 e. The highest BCUT2D eigenvalue weighted by atomic mass is 32.2. The van der Waals surface area contributed by atoms with E-state index in [9.17, 15) is 13.2 Å². The standard InChI is InChI=1S/C23H19N3O3S/c27-23(18-12-13-22(24-16-18)26-14-6-7-15-26)25-21-11-5-4-8-19(21)17-30(28,29)20-9-2-1-3-10-20/h1-16H,17H2,(H,25,27). The van der Waals surface area contributed by atoms with Crippen LogP contribution in [0.5, 0.6) is 0 Å². The third-order valence-corrected chi connectivity index (χ3v) is 6.27. The van der Waals surface area contributed by atoms with Crippen LogP contribution >= 0.6 is 0 Å². The summed E-state index contributed by atoms with van der Waals surface area (Å²) in [6.07, 6.45) is 5.23. The zero-order valence-electron chi connectivity index (χ0n) is 16.0. The maximum absolute atomic E-state index is 12.7. The van der Waals surface area contributed by atoms with E-state index in [1.54, 1.807) is 66.7 Å². The van der Waals surface area contributed by atoms with Crippen molar-refractivity contribution in [3.8, 4) is 5.82 Å². The zero-order chi connectivity index (χ0) is 21.0. The molecule has 2 aromatic carbocycles. The second kappa shape index (κ2) is 8.34. The summed E-state index contributed by atoms with van der Waals surface area (Å²) < 4.78 is 27.3. The Kier molecular flexibility index (Phi) is 5.45. The molecule has 7 heteroatoms. The lowest BCUT2D eigenvalue weighted by molar-refractivity contribution is 0.102. The number of rotatable bonds is 6. The van der Waals surface area contributed by atoms with Gasteiger partial charge in [-0.25, -0.2) is 13.4 Å². The third-order valence-electron chi connectivity index (χ3n) is 4.59. The average Bonchev–Trinajstić information content (AvgIpc) is 3.31. The molecule has 2 aromatic heterocycles. The van der Waals surface area contributed by atoms with Gasteiger partial charge in [0.15, 0.2) is 9.84 Å². The number of hydrogen-bond donors (Lipinski definition) is 1. The first-order valence-corrected chi connectivity index (χ1v) is 10.9. The van der Waals surface area contributed by atoms with Crippen LogP contribution in [0, 0.1) is 0 Å². The SMILES string of the molecule is O=C(Nc1ccccc1CS(=O)(=O)c1ccccc1)c1ccc(-n2cccc2)nc1. The van der Waals surface area contributed by atoms with Crippen molar-refractivity contribution in [2.45, 2.75) is 10.6 Å². The summed E-state index contributed by atoms with van der Waals surface area (Å²) in [5, 5.41) is 2.80. The summed E-state index contributed by atoms with van der Waals surface area (Å²) in [7, 11) is -3.53. The van der Waals surface area contributed by atoms with Crippen LogP contribution in [0.15, 0.2) is 102 Å². The van der Waals surface area contributed by atoms with Crippen LogP contribution in [0.1, 0.15) is 15.9 Å². The Hall–Kier alpha value is -3.71. The van der Waals surface area contributed by atoms with Crippen molar-refractivity contribution >= 4 is 21.4 Å². The molecule has 0 fully saturated rings. The molecule has 0 spiro atoms. The first kappa shape index (κ1) is 19.6. The Morgan fingerprint density at radius 3 is 2.27 bits per heavy atom. The van der Waals surface area contributed by atoms with E-state index in [2.05, 4.69) is 10.3 Å². The third kappa shape index (κ3) is 4.31. The smallest absolute Gasteiger partial charge is 0.257 e. The van der Waals surface area contributed by atoms with E-state index in [-0.39, 0.29) is 16.6 Å². The second-order valence-electron chi connectivity index (χ2n) is 6.68. The maximum Gasteiger partial charge on any atom is 0.257 e. The van der Waals surface area contributed by atoms with Crippen molar-refractivity contribution in [1.29, 1.82) is 0 Å². The first-order valence-electron chi connectivity index (χ1n) is 9.29. The molecule has 6 nitrogen and oxygen atoms in total. The number of sulfone groups is 1. The van der Waals surface area contributed by atoms with Crippen LogP contribution in [0.25, 0.3) is 5.82 Å². The van der Waals surface area contributed by atoms with Gasteiger partial charge in [0.05, 0.1) is 16.2 Å². The van der Waals surface area contributed by atoms with Gasteiger partial charge in [0.1, 0.15) is 5.82 Å². The van der Waals surface area contributed by atoms with Gasteiger partial charge in [0.25, 0.3) is 5.91 Å². The zero-order valence-corrected chi connectivity index (χ0v) is 16.8. The van der Waals surface area contributed by atoms with Gasteiger partial charge >= 0.3 is 0 Å². The highest BCUT2D eigenvalue weighted by Gasteiger charge is 2.18. The van der Waals surface area contributed by atoms with Gasteiger partial charge < -0.3 is 9.88 Å². The number of amides is 1. The van der Waals surface area contributed by atoms with Crippen molar-refractivity contribution in [3.05, 3.63) is 109 Å². The number of nitrogens with zero attached hydrogens (tertiary/aromatic N) is 2. The number of benzene rings is 2. The minimum atomic E-state index is -3.53. The minimum absolute atomic E-state index is 0.210. The number of nitrogens with one attached hydrogen (secondary N) is 1. The molecule has 150 valence electrons. The van der Waals surface area contributed by atoms with E-state index in [1.165, 1.54) is 6.20 Å². The summed E-state index contributed by atoms with van der Waals surface area (Å²) in [6.45, 7) is 0. The molecule has 0 saturated heterocycles. The minimum Gasteiger partial charge on any atom is -0.322 e. The lowest BCUT2D eigenvalue weighted by Crippen LogP contribution is -2.15. The van der Waals surface area contributed by atoms with Crippen molar-refractivity contribution in [3.63, 3.8) is 0 Å². The Balaban J connectivity index is 1.53. The molecule has 1 amide bonds. The maximum atomic E-state index is 12.7. The van der Waals surface area contributed by atoms with E-state index in [0.29, 0.717) is 22.6 Å². The normalized spacial score (nSPS) is 11.2. The van der Waals surface area contributed by atoms with Crippen molar-refractivity contribution in [2.24, 2.45) is 0 Å². The first-order chi connectivity index (χ1) is 14.5. The second-order valence-corrected chi connectivity index (χ2v) is 8.67. The van der Waals surface area contributed by atoms with E-state index >= 15 is 0 Å². The number of aromatic nitrogens is 2. The van der Waals surface area contributed by atoms with Crippen LogP contribution < -0.4 is 5.32 Å². The molecule has 1 N–H and O–H groups in total. The van der Waals surface area contributed by atoms with E-state index in [4.69, 9.17) is 0 Å². The topological polar surface area (TPSA) is 81.1 Å². The van der Waals surface area contributed by atoms with Gasteiger partial charge in [-0.1, -0.05) is 36.4 Å². The van der Waals surface area contributed by atoms with Gasteiger partial charge in [0.2, 0.25) is 0 Å². The summed E-state index contributed by atoms with van der Waals surface area (Å²) >= 11 is 0. The van der Waals surface area contributed by atoms with Crippen LogP contribution in [-0.4, -0.2) is 23.9 Å². The van der Waals surface area contributed by atoms with Gasteiger partial charge in [-0.05, 0) is 48.0 Å². The van der Waals surface area contributed by atoms with Crippen molar-refractivity contribution in [2.75, 3.05) is 5.32 Å². The molecule has 4 rings (SSSR count). The van der Waals surface area contributed by atoms with Crippen molar-refractivity contribution in [1.82, 2.24) is 9.55 Å². The predicted octanol–water partition coefficient (Wildman–Crippen LogP) is 4.10. The molecule has 0 radical (unpaired) electrons. The summed E-state index contributed by atoms with van der Waals surface area (Å²) in [4.78, 5) is 17.3. The van der Waals surface area contributed by atoms with Gasteiger partial charge in [-0.2, -0.15) is 0 Å². The number of carbonyl (C=O) groups excluding carboxylic acids is 1. The summed E-state index contributed by atoms with van der Waals surface area (Å²) in [5.41, 5.74) is 1.36. The fraction of sp³-hybridized carbons (Fsp3) is 0.0435. The highest BCUT2D eigenvalue weighted by Crippen LogP contribution is 2.23. The average molecular weight is 417 g/mol. The fourth-order valence-electron chi connectivity index (χ4n) is 3.04. The Labute approximate surface area is 174 Å². The molecule has 2 heterocycles. The molecule has 0 atom stereocenters. The molecule has 0 aliphatic carbocycles. The van der Waals surface area contributed by atoms with Crippen LogP contribution in [-0.2, 0) is 15.6 Å². The molecule has 4 aromatic rings. The number of hydrogen-bond acceptors (Lipinski definition) is 4. The number of anilines is 1. The predicted molar refractivity (Wildman–Crippen MR) is 115 cm³/mol.